The molecule has 2 amide bonds. The summed E-state index contributed by atoms with van der Waals surface area (Å²) in [5.41, 5.74) is 0.280. The summed E-state index contributed by atoms with van der Waals surface area (Å²) in [7, 11) is 0. The molecule has 1 aromatic carbocycles. The maximum absolute atomic E-state index is 12.3. The van der Waals surface area contributed by atoms with Crippen molar-refractivity contribution in [1.82, 2.24) is 4.90 Å². The number of amides is 2. The lowest BCUT2D eigenvalue weighted by atomic mass is 10.1. The predicted molar refractivity (Wildman–Crippen MR) is 97.9 cm³/mol. The van der Waals surface area contributed by atoms with Crippen molar-refractivity contribution in [3.05, 3.63) is 22.7 Å². The van der Waals surface area contributed by atoms with E-state index >= 15 is 0 Å². The Hall–Kier alpha value is -1.76. The highest BCUT2D eigenvalue weighted by Crippen LogP contribution is 2.35. The molecule has 6 nitrogen and oxygen atoms in total. The van der Waals surface area contributed by atoms with Crippen LogP contribution in [0.4, 0.5) is 10.5 Å². The van der Waals surface area contributed by atoms with Crippen LogP contribution in [-0.2, 0) is 9.53 Å². The molecular formula is C18H23BrN2O4. The van der Waals surface area contributed by atoms with Crippen LogP contribution in [0.5, 0.6) is 5.75 Å². The van der Waals surface area contributed by atoms with Crippen molar-refractivity contribution in [2.75, 3.05) is 31.1 Å². The first-order valence-corrected chi connectivity index (χ1v) is 9.23. The van der Waals surface area contributed by atoms with Crippen LogP contribution in [0.3, 0.4) is 0 Å². The minimum absolute atomic E-state index is 0.0527. The predicted octanol–water partition coefficient (Wildman–Crippen LogP) is 3.43. The molecule has 136 valence electrons. The van der Waals surface area contributed by atoms with Crippen LogP contribution >= 0.6 is 15.9 Å². The Bertz CT molecular complexity index is 686. The van der Waals surface area contributed by atoms with Gasteiger partial charge in [0.2, 0.25) is 0 Å². The van der Waals surface area contributed by atoms with E-state index in [1.54, 1.807) is 9.80 Å². The molecule has 1 atom stereocenters. The van der Waals surface area contributed by atoms with Gasteiger partial charge in [-0.25, -0.2) is 4.79 Å². The normalized spacial score (nSPS) is 20.3. The van der Waals surface area contributed by atoms with Gasteiger partial charge in [0.1, 0.15) is 11.4 Å². The first-order chi connectivity index (χ1) is 11.7. The van der Waals surface area contributed by atoms with Crippen LogP contribution in [-0.4, -0.2) is 48.7 Å². The number of hydrogen-bond acceptors (Lipinski definition) is 4. The lowest BCUT2D eigenvalue weighted by Gasteiger charge is -2.31. The third-order valence-corrected chi connectivity index (χ3v) is 4.74. The molecule has 2 aliphatic heterocycles. The van der Waals surface area contributed by atoms with Gasteiger partial charge in [0.25, 0.3) is 5.91 Å². The molecule has 1 aromatic rings. The Morgan fingerprint density at radius 1 is 1.40 bits per heavy atom. The van der Waals surface area contributed by atoms with Crippen molar-refractivity contribution in [3.8, 4) is 5.75 Å². The SMILES string of the molecule is CC(C)(C)OC(=O)N1CCC(CN2C(=O)COc3ccc(Br)cc32)C1. The summed E-state index contributed by atoms with van der Waals surface area (Å²) >= 11 is 3.44. The summed E-state index contributed by atoms with van der Waals surface area (Å²) in [6, 6.07) is 5.65. The monoisotopic (exact) mass is 410 g/mol. The molecule has 3 rings (SSSR count). The van der Waals surface area contributed by atoms with Gasteiger partial charge in [0, 0.05) is 24.1 Å². The van der Waals surface area contributed by atoms with Gasteiger partial charge in [-0.2, -0.15) is 0 Å². The molecule has 0 radical (unpaired) electrons. The largest absolute Gasteiger partial charge is 0.482 e. The molecule has 1 fully saturated rings. The minimum Gasteiger partial charge on any atom is -0.482 e. The maximum Gasteiger partial charge on any atom is 0.410 e. The molecule has 7 heteroatoms. The van der Waals surface area contributed by atoms with Gasteiger partial charge in [-0.05, 0) is 51.3 Å². The van der Waals surface area contributed by atoms with Gasteiger partial charge in [-0.15, -0.1) is 0 Å². The Balaban J connectivity index is 1.67. The third kappa shape index (κ3) is 4.26. The van der Waals surface area contributed by atoms with Crippen molar-refractivity contribution < 1.29 is 19.1 Å². The quantitative estimate of drug-likeness (QED) is 0.748. The molecule has 1 saturated heterocycles. The fourth-order valence-electron chi connectivity index (χ4n) is 3.11. The Morgan fingerprint density at radius 3 is 2.88 bits per heavy atom. The van der Waals surface area contributed by atoms with Crippen LogP contribution in [0, 0.1) is 5.92 Å². The summed E-state index contributed by atoms with van der Waals surface area (Å²) in [4.78, 5) is 28.0. The number of carbonyl (C=O) groups is 2. The Kier molecular flexibility index (Phi) is 4.95. The van der Waals surface area contributed by atoms with Crippen LogP contribution in [0.1, 0.15) is 27.2 Å². The van der Waals surface area contributed by atoms with Crippen molar-refractivity contribution in [2.45, 2.75) is 32.8 Å². The third-order valence-electron chi connectivity index (χ3n) is 4.24. The van der Waals surface area contributed by atoms with E-state index in [9.17, 15) is 9.59 Å². The zero-order valence-electron chi connectivity index (χ0n) is 14.8. The molecule has 2 heterocycles. The van der Waals surface area contributed by atoms with E-state index in [0.29, 0.717) is 25.4 Å². The second-order valence-electron chi connectivity index (χ2n) is 7.49. The van der Waals surface area contributed by atoms with Gasteiger partial charge in [-0.1, -0.05) is 15.9 Å². The van der Waals surface area contributed by atoms with E-state index in [-0.39, 0.29) is 24.5 Å². The van der Waals surface area contributed by atoms with Crippen molar-refractivity contribution in [3.63, 3.8) is 0 Å². The van der Waals surface area contributed by atoms with Gasteiger partial charge in [0.05, 0.1) is 5.69 Å². The zero-order chi connectivity index (χ0) is 18.2. The molecular weight excluding hydrogens is 388 g/mol. The number of hydrogen-bond donors (Lipinski definition) is 0. The second kappa shape index (κ2) is 6.86. The minimum atomic E-state index is -0.499. The van der Waals surface area contributed by atoms with E-state index in [0.717, 1.165) is 16.6 Å². The van der Waals surface area contributed by atoms with E-state index < -0.39 is 5.60 Å². The summed E-state index contributed by atoms with van der Waals surface area (Å²) < 4.78 is 11.8. The molecule has 2 aliphatic rings. The number of benzene rings is 1. The van der Waals surface area contributed by atoms with Crippen LogP contribution < -0.4 is 9.64 Å². The molecule has 0 aliphatic carbocycles. The molecule has 0 saturated carbocycles. The number of likely N-dealkylation sites (tertiary alicyclic amines) is 1. The average molecular weight is 411 g/mol. The molecule has 0 aromatic heterocycles. The zero-order valence-corrected chi connectivity index (χ0v) is 16.3. The van der Waals surface area contributed by atoms with Gasteiger partial charge in [-0.3, -0.25) is 4.79 Å². The van der Waals surface area contributed by atoms with Crippen LogP contribution in [0.15, 0.2) is 22.7 Å². The summed E-state index contributed by atoms with van der Waals surface area (Å²) in [6.45, 7) is 7.47. The summed E-state index contributed by atoms with van der Waals surface area (Å²) in [5.74, 6) is 0.882. The highest BCUT2D eigenvalue weighted by molar-refractivity contribution is 9.10. The van der Waals surface area contributed by atoms with Gasteiger partial charge < -0.3 is 19.3 Å². The Morgan fingerprint density at radius 2 is 2.16 bits per heavy atom. The Labute approximate surface area is 156 Å². The summed E-state index contributed by atoms with van der Waals surface area (Å²) in [5, 5.41) is 0. The molecule has 0 spiro atoms. The maximum atomic E-state index is 12.3. The molecule has 0 N–H and O–H groups in total. The number of carbonyl (C=O) groups excluding carboxylic acids is 2. The number of rotatable bonds is 2. The average Bonchev–Trinajstić information content (AvgIpc) is 2.97. The van der Waals surface area contributed by atoms with Gasteiger partial charge in [0.15, 0.2) is 6.61 Å². The lowest BCUT2D eigenvalue weighted by Crippen LogP contribution is -2.42. The second-order valence-corrected chi connectivity index (χ2v) is 8.40. The number of ether oxygens (including phenoxy) is 2. The molecule has 25 heavy (non-hydrogen) atoms. The van der Waals surface area contributed by atoms with E-state index in [1.165, 1.54) is 0 Å². The lowest BCUT2D eigenvalue weighted by molar-refractivity contribution is -0.121. The van der Waals surface area contributed by atoms with Crippen molar-refractivity contribution in [2.24, 2.45) is 5.92 Å². The van der Waals surface area contributed by atoms with Crippen LogP contribution in [0.2, 0.25) is 0 Å². The summed E-state index contributed by atoms with van der Waals surface area (Å²) in [6.07, 6.45) is 0.569. The number of fused-ring (bicyclic) bond motifs is 1. The first-order valence-electron chi connectivity index (χ1n) is 8.43. The highest BCUT2D eigenvalue weighted by Gasteiger charge is 2.34. The fourth-order valence-corrected chi connectivity index (χ4v) is 3.46. The molecule has 0 bridgehead atoms. The number of halogens is 1. The van der Waals surface area contributed by atoms with E-state index in [4.69, 9.17) is 9.47 Å². The fraction of sp³-hybridized carbons (Fsp3) is 0.556. The van der Waals surface area contributed by atoms with E-state index in [1.807, 2.05) is 39.0 Å². The standard InChI is InChI=1S/C18H23BrN2O4/c1-18(2,3)25-17(23)20-7-6-12(9-20)10-21-14-8-13(19)4-5-15(14)24-11-16(21)22/h4-5,8,12H,6-7,9-11H2,1-3H3. The van der Waals surface area contributed by atoms with Crippen LogP contribution in [0.25, 0.3) is 0 Å². The number of anilines is 1. The smallest absolute Gasteiger partial charge is 0.410 e. The highest BCUT2D eigenvalue weighted by atomic mass is 79.9. The van der Waals surface area contributed by atoms with E-state index in [2.05, 4.69) is 15.9 Å². The van der Waals surface area contributed by atoms with Crippen molar-refractivity contribution in [1.29, 1.82) is 0 Å². The van der Waals surface area contributed by atoms with Gasteiger partial charge >= 0.3 is 6.09 Å². The number of nitrogens with zero attached hydrogens (tertiary/aromatic N) is 2. The molecule has 1 unspecified atom stereocenters. The van der Waals surface area contributed by atoms with Crippen molar-refractivity contribution >= 4 is 33.6 Å². The first kappa shape index (κ1) is 18.0. The topological polar surface area (TPSA) is 59.1 Å².